The molecule has 0 unspecified atom stereocenters. The van der Waals surface area contributed by atoms with Crippen LogP contribution < -0.4 is 5.32 Å². The van der Waals surface area contributed by atoms with Crippen LogP contribution in [0.5, 0.6) is 5.75 Å². The molecule has 2 aromatic carbocycles. The lowest BCUT2D eigenvalue weighted by Crippen LogP contribution is -2.38. The van der Waals surface area contributed by atoms with E-state index in [1.165, 1.54) is 12.1 Å². The van der Waals surface area contributed by atoms with Gasteiger partial charge in [-0.05, 0) is 29.8 Å². The lowest BCUT2D eigenvalue weighted by atomic mass is 10.2. The van der Waals surface area contributed by atoms with Crippen molar-refractivity contribution in [2.45, 2.75) is 13.1 Å². The maximum absolute atomic E-state index is 13.4. The van der Waals surface area contributed by atoms with E-state index in [-0.39, 0.29) is 5.75 Å². The molecule has 0 saturated carbocycles. The zero-order chi connectivity index (χ0) is 19.2. The molecular formula is C20H22FN5O. The number of hydrogen-bond donors (Lipinski definition) is 2. The van der Waals surface area contributed by atoms with Crippen molar-refractivity contribution in [3.05, 3.63) is 77.9 Å². The van der Waals surface area contributed by atoms with Gasteiger partial charge in [0.15, 0.2) is 17.5 Å². The largest absolute Gasteiger partial charge is 0.505 e. The molecule has 0 aliphatic rings. The Morgan fingerprint density at radius 3 is 2.70 bits per heavy atom. The Hall–Kier alpha value is -3.35. The molecule has 0 saturated heterocycles. The minimum Gasteiger partial charge on any atom is -0.505 e. The van der Waals surface area contributed by atoms with E-state index in [1.807, 2.05) is 59.4 Å². The molecular weight excluding hydrogens is 345 g/mol. The fourth-order valence-electron chi connectivity index (χ4n) is 2.74. The number of para-hydroxylation sites is 1. The Morgan fingerprint density at radius 2 is 2.00 bits per heavy atom. The highest BCUT2D eigenvalue weighted by molar-refractivity contribution is 5.79. The van der Waals surface area contributed by atoms with Gasteiger partial charge in [0.25, 0.3) is 0 Å². The molecule has 1 heterocycles. The summed E-state index contributed by atoms with van der Waals surface area (Å²) in [5, 5.41) is 16.9. The molecule has 3 aromatic rings. The third kappa shape index (κ3) is 4.63. The molecule has 1 aromatic heterocycles. The highest BCUT2D eigenvalue weighted by Crippen LogP contribution is 2.16. The van der Waals surface area contributed by atoms with Gasteiger partial charge < -0.3 is 15.3 Å². The molecule has 0 spiro atoms. The second-order valence-corrected chi connectivity index (χ2v) is 6.17. The van der Waals surface area contributed by atoms with Gasteiger partial charge in [-0.25, -0.2) is 9.07 Å². The molecule has 0 amide bonds. The van der Waals surface area contributed by atoms with Crippen molar-refractivity contribution in [1.29, 1.82) is 0 Å². The number of phenolic OH excluding ortho intramolecular Hbond substituents is 1. The second-order valence-electron chi connectivity index (χ2n) is 6.17. The van der Waals surface area contributed by atoms with E-state index in [0.29, 0.717) is 19.0 Å². The first-order valence-electron chi connectivity index (χ1n) is 8.55. The minimum absolute atomic E-state index is 0.351. The van der Waals surface area contributed by atoms with Crippen molar-refractivity contribution in [1.82, 2.24) is 20.0 Å². The number of nitrogens with zero attached hydrogens (tertiary/aromatic N) is 4. The summed E-state index contributed by atoms with van der Waals surface area (Å²) in [6, 6.07) is 14.2. The van der Waals surface area contributed by atoms with E-state index in [9.17, 15) is 9.50 Å². The number of aromatic hydroxyl groups is 1. The Morgan fingerprint density at radius 1 is 1.22 bits per heavy atom. The van der Waals surface area contributed by atoms with Gasteiger partial charge in [0.2, 0.25) is 0 Å². The average molecular weight is 367 g/mol. The Bertz CT molecular complexity index is 923. The van der Waals surface area contributed by atoms with Gasteiger partial charge in [0.05, 0.1) is 11.9 Å². The van der Waals surface area contributed by atoms with Crippen LogP contribution in [0, 0.1) is 5.82 Å². The van der Waals surface area contributed by atoms with Crippen LogP contribution >= 0.6 is 0 Å². The van der Waals surface area contributed by atoms with Gasteiger partial charge in [-0.2, -0.15) is 5.10 Å². The van der Waals surface area contributed by atoms with E-state index in [1.54, 1.807) is 13.1 Å². The van der Waals surface area contributed by atoms with Crippen LogP contribution in [0.4, 0.5) is 4.39 Å². The van der Waals surface area contributed by atoms with Crippen molar-refractivity contribution in [3.63, 3.8) is 0 Å². The molecule has 3 rings (SSSR count). The van der Waals surface area contributed by atoms with Gasteiger partial charge >= 0.3 is 0 Å². The topological polar surface area (TPSA) is 65.7 Å². The number of nitrogens with one attached hydrogen (secondary N) is 1. The predicted molar refractivity (Wildman–Crippen MR) is 103 cm³/mol. The maximum atomic E-state index is 13.4. The number of aromatic nitrogens is 2. The van der Waals surface area contributed by atoms with Gasteiger partial charge in [0.1, 0.15) is 0 Å². The first-order valence-corrected chi connectivity index (χ1v) is 8.55. The summed E-state index contributed by atoms with van der Waals surface area (Å²) in [5.74, 6) is -0.308. The standard InChI is InChI=1S/C20H22FN5O/c1-22-20(23-11-15-8-9-19(27)18(21)10-15)25(2)13-16-12-24-26(14-16)17-6-4-3-5-7-17/h3-10,12,14,27H,11,13H2,1-2H3,(H,22,23). The van der Waals surface area contributed by atoms with E-state index < -0.39 is 5.82 Å². The predicted octanol–water partition coefficient (Wildman–Crippen LogP) is 2.92. The lowest BCUT2D eigenvalue weighted by Gasteiger charge is -2.21. The molecule has 2 N–H and O–H groups in total. The SMILES string of the molecule is CN=C(NCc1ccc(O)c(F)c1)N(C)Cc1cnn(-c2ccccc2)c1. The van der Waals surface area contributed by atoms with Crippen LogP contribution in [0.1, 0.15) is 11.1 Å². The van der Waals surface area contributed by atoms with Crippen molar-refractivity contribution in [2.24, 2.45) is 4.99 Å². The monoisotopic (exact) mass is 367 g/mol. The first kappa shape index (κ1) is 18.4. The third-order valence-corrected chi connectivity index (χ3v) is 4.11. The van der Waals surface area contributed by atoms with Crippen LogP contribution in [-0.2, 0) is 13.1 Å². The van der Waals surface area contributed by atoms with Crippen molar-refractivity contribution in [3.8, 4) is 11.4 Å². The van der Waals surface area contributed by atoms with Gasteiger partial charge in [0, 0.05) is 38.9 Å². The summed E-state index contributed by atoms with van der Waals surface area (Å²) in [4.78, 5) is 6.23. The molecule has 0 radical (unpaired) electrons. The molecule has 0 aliphatic carbocycles. The van der Waals surface area contributed by atoms with Crippen molar-refractivity contribution >= 4 is 5.96 Å². The number of phenols is 1. The summed E-state index contributed by atoms with van der Waals surface area (Å²) in [6.45, 7) is 1.02. The number of benzene rings is 2. The average Bonchev–Trinajstić information content (AvgIpc) is 3.14. The normalized spacial score (nSPS) is 11.4. The summed E-state index contributed by atoms with van der Waals surface area (Å²) >= 11 is 0. The molecule has 6 nitrogen and oxygen atoms in total. The first-order chi connectivity index (χ1) is 13.1. The number of hydrogen-bond acceptors (Lipinski definition) is 3. The van der Waals surface area contributed by atoms with E-state index in [4.69, 9.17) is 0 Å². The van der Waals surface area contributed by atoms with Crippen LogP contribution in [0.2, 0.25) is 0 Å². The van der Waals surface area contributed by atoms with Gasteiger partial charge in [-0.3, -0.25) is 4.99 Å². The van der Waals surface area contributed by atoms with E-state index in [2.05, 4.69) is 15.4 Å². The molecule has 140 valence electrons. The molecule has 27 heavy (non-hydrogen) atoms. The minimum atomic E-state index is -0.633. The summed E-state index contributed by atoms with van der Waals surface area (Å²) in [7, 11) is 3.62. The van der Waals surface area contributed by atoms with E-state index >= 15 is 0 Å². The Labute approximate surface area is 157 Å². The van der Waals surface area contributed by atoms with E-state index in [0.717, 1.165) is 16.8 Å². The Kier molecular flexibility index (Phi) is 5.71. The molecule has 0 fully saturated rings. The zero-order valence-electron chi connectivity index (χ0n) is 15.3. The highest BCUT2D eigenvalue weighted by atomic mass is 19.1. The molecule has 7 heteroatoms. The fourth-order valence-corrected chi connectivity index (χ4v) is 2.74. The second kappa shape index (κ2) is 8.35. The van der Waals surface area contributed by atoms with Crippen LogP contribution in [-0.4, -0.2) is 39.8 Å². The van der Waals surface area contributed by atoms with Crippen LogP contribution in [0.25, 0.3) is 5.69 Å². The lowest BCUT2D eigenvalue weighted by molar-refractivity contribution is 0.431. The molecule has 0 atom stereocenters. The number of halogens is 1. The quantitative estimate of drug-likeness (QED) is 0.538. The van der Waals surface area contributed by atoms with Crippen LogP contribution in [0.15, 0.2) is 65.9 Å². The fraction of sp³-hybridized carbons (Fsp3) is 0.200. The number of aliphatic imine (C=N–C) groups is 1. The Balaban J connectivity index is 1.61. The smallest absolute Gasteiger partial charge is 0.193 e. The summed E-state index contributed by atoms with van der Waals surface area (Å²) in [5.41, 5.74) is 2.76. The number of guanidine groups is 1. The highest BCUT2D eigenvalue weighted by Gasteiger charge is 2.09. The zero-order valence-corrected chi connectivity index (χ0v) is 15.3. The third-order valence-electron chi connectivity index (χ3n) is 4.11. The summed E-state index contributed by atoms with van der Waals surface area (Å²) < 4.78 is 15.3. The molecule has 0 bridgehead atoms. The maximum Gasteiger partial charge on any atom is 0.193 e. The van der Waals surface area contributed by atoms with Crippen molar-refractivity contribution in [2.75, 3.05) is 14.1 Å². The van der Waals surface area contributed by atoms with Gasteiger partial charge in [-0.1, -0.05) is 24.3 Å². The summed E-state index contributed by atoms with van der Waals surface area (Å²) in [6.07, 6.45) is 3.81. The van der Waals surface area contributed by atoms with Crippen LogP contribution in [0.3, 0.4) is 0 Å². The van der Waals surface area contributed by atoms with Crippen molar-refractivity contribution < 1.29 is 9.50 Å². The molecule has 0 aliphatic heterocycles. The van der Waals surface area contributed by atoms with Gasteiger partial charge in [-0.15, -0.1) is 0 Å². The number of rotatable bonds is 5.